The molecule has 0 radical (unpaired) electrons. The number of rotatable bonds is 10. The first-order chi connectivity index (χ1) is 16.3. The lowest BCUT2D eigenvalue weighted by atomic mass is 10.1. The summed E-state index contributed by atoms with van der Waals surface area (Å²) in [4.78, 5) is 27.4. The van der Waals surface area contributed by atoms with Gasteiger partial charge in [-0.15, -0.1) is 0 Å². The van der Waals surface area contributed by atoms with E-state index in [4.69, 9.17) is 11.6 Å². The Bertz CT molecular complexity index is 1140. The van der Waals surface area contributed by atoms with Crippen LogP contribution in [-0.2, 0) is 32.3 Å². The molecular formula is C23H27ClF3N3O4S. The average Bonchev–Trinajstić information content (AvgIpc) is 2.77. The molecule has 192 valence electrons. The minimum absolute atomic E-state index is 0.0107. The largest absolute Gasteiger partial charge is 0.416 e. The fourth-order valence-electron chi connectivity index (χ4n) is 3.47. The van der Waals surface area contributed by atoms with Crippen molar-refractivity contribution >= 4 is 39.1 Å². The van der Waals surface area contributed by atoms with E-state index in [0.717, 1.165) is 18.4 Å². The first kappa shape index (κ1) is 28.4. The predicted molar refractivity (Wildman–Crippen MR) is 128 cm³/mol. The molecule has 0 heterocycles. The summed E-state index contributed by atoms with van der Waals surface area (Å²) in [5.41, 5.74) is -0.914. The van der Waals surface area contributed by atoms with Crippen molar-refractivity contribution in [3.8, 4) is 0 Å². The highest BCUT2D eigenvalue weighted by Crippen LogP contribution is 2.36. The molecule has 2 rings (SSSR count). The van der Waals surface area contributed by atoms with Crippen LogP contribution in [0.15, 0.2) is 48.5 Å². The maximum atomic E-state index is 13.5. The van der Waals surface area contributed by atoms with E-state index >= 15 is 0 Å². The lowest BCUT2D eigenvalue weighted by Gasteiger charge is -2.33. The second-order valence-electron chi connectivity index (χ2n) is 7.76. The first-order valence-corrected chi connectivity index (χ1v) is 13.0. The van der Waals surface area contributed by atoms with Crippen LogP contribution in [0.4, 0.5) is 18.9 Å². The molecule has 7 nitrogen and oxygen atoms in total. The number of benzene rings is 2. The molecule has 0 spiro atoms. The number of halogens is 4. The predicted octanol–water partition coefficient (Wildman–Crippen LogP) is 4.07. The van der Waals surface area contributed by atoms with Gasteiger partial charge in [0.15, 0.2) is 0 Å². The third kappa shape index (κ3) is 7.60. The summed E-state index contributed by atoms with van der Waals surface area (Å²) in [6.45, 7) is 2.88. The number of alkyl halides is 3. The van der Waals surface area contributed by atoms with Crippen LogP contribution in [-0.4, -0.2) is 50.5 Å². The van der Waals surface area contributed by atoms with Crippen LogP contribution >= 0.6 is 11.6 Å². The number of nitrogens with zero attached hydrogens (tertiary/aromatic N) is 2. The Kier molecular flexibility index (Phi) is 9.56. The molecule has 0 saturated carbocycles. The van der Waals surface area contributed by atoms with Crippen molar-refractivity contribution in [2.24, 2.45) is 0 Å². The molecule has 1 N–H and O–H groups in total. The zero-order valence-corrected chi connectivity index (χ0v) is 21.0. The van der Waals surface area contributed by atoms with Crippen LogP contribution in [0.25, 0.3) is 0 Å². The van der Waals surface area contributed by atoms with Crippen molar-refractivity contribution in [2.45, 2.75) is 39.0 Å². The van der Waals surface area contributed by atoms with E-state index in [1.54, 1.807) is 44.2 Å². The van der Waals surface area contributed by atoms with Gasteiger partial charge in [0.1, 0.15) is 12.6 Å². The Balaban J connectivity index is 2.52. The number of carbonyl (C=O) groups is 2. The van der Waals surface area contributed by atoms with Crippen LogP contribution < -0.4 is 9.62 Å². The van der Waals surface area contributed by atoms with E-state index in [9.17, 15) is 31.2 Å². The second kappa shape index (κ2) is 11.8. The summed E-state index contributed by atoms with van der Waals surface area (Å²) in [6, 6.07) is 10.0. The Morgan fingerprint density at radius 3 is 2.23 bits per heavy atom. The van der Waals surface area contributed by atoms with Gasteiger partial charge < -0.3 is 10.2 Å². The lowest BCUT2D eigenvalue weighted by molar-refractivity contribution is -0.140. The molecule has 0 aliphatic rings. The summed E-state index contributed by atoms with van der Waals surface area (Å²) in [5, 5.41) is 2.38. The molecule has 1 atom stereocenters. The van der Waals surface area contributed by atoms with Crippen molar-refractivity contribution in [3.05, 3.63) is 64.7 Å². The molecule has 2 aromatic carbocycles. The average molecular weight is 534 g/mol. The number of hydrogen-bond donors (Lipinski definition) is 1. The van der Waals surface area contributed by atoms with Crippen LogP contribution in [0.3, 0.4) is 0 Å². The van der Waals surface area contributed by atoms with Crippen molar-refractivity contribution in [1.82, 2.24) is 10.2 Å². The molecule has 2 aromatic rings. The van der Waals surface area contributed by atoms with Gasteiger partial charge in [0.05, 0.1) is 22.5 Å². The van der Waals surface area contributed by atoms with Crippen LogP contribution in [0.2, 0.25) is 5.02 Å². The van der Waals surface area contributed by atoms with Crippen molar-refractivity contribution in [3.63, 3.8) is 0 Å². The van der Waals surface area contributed by atoms with Gasteiger partial charge in [-0.3, -0.25) is 13.9 Å². The third-order valence-corrected chi connectivity index (χ3v) is 6.60. The molecule has 0 bridgehead atoms. The quantitative estimate of drug-likeness (QED) is 0.499. The third-order valence-electron chi connectivity index (χ3n) is 5.15. The highest BCUT2D eigenvalue weighted by atomic mass is 35.5. The summed E-state index contributed by atoms with van der Waals surface area (Å²) < 4.78 is 65.5. The maximum absolute atomic E-state index is 13.5. The van der Waals surface area contributed by atoms with E-state index in [-0.39, 0.29) is 18.0 Å². The molecule has 0 aliphatic carbocycles. The van der Waals surface area contributed by atoms with Gasteiger partial charge in [-0.25, -0.2) is 8.42 Å². The first-order valence-electron chi connectivity index (χ1n) is 10.7. The van der Waals surface area contributed by atoms with Gasteiger partial charge in [0.2, 0.25) is 21.8 Å². The Morgan fingerprint density at radius 2 is 1.71 bits per heavy atom. The van der Waals surface area contributed by atoms with Crippen LogP contribution in [0.5, 0.6) is 0 Å². The van der Waals surface area contributed by atoms with Crippen molar-refractivity contribution < 1.29 is 31.2 Å². The van der Waals surface area contributed by atoms with Gasteiger partial charge in [-0.2, -0.15) is 13.2 Å². The van der Waals surface area contributed by atoms with Gasteiger partial charge in [0.25, 0.3) is 0 Å². The number of likely N-dealkylation sites (N-methyl/N-ethyl adjacent to an activating group) is 1. The number of anilines is 1. The van der Waals surface area contributed by atoms with Gasteiger partial charge in [-0.05, 0) is 37.1 Å². The van der Waals surface area contributed by atoms with E-state index in [2.05, 4.69) is 5.32 Å². The summed E-state index contributed by atoms with van der Waals surface area (Å²) >= 11 is 6.06. The zero-order valence-electron chi connectivity index (χ0n) is 19.5. The summed E-state index contributed by atoms with van der Waals surface area (Å²) in [6.07, 6.45) is -3.76. The highest BCUT2D eigenvalue weighted by Gasteiger charge is 2.35. The van der Waals surface area contributed by atoms with Gasteiger partial charge >= 0.3 is 6.18 Å². The topological polar surface area (TPSA) is 86.8 Å². The van der Waals surface area contributed by atoms with Gasteiger partial charge in [0, 0.05) is 13.1 Å². The minimum atomic E-state index is -4.75. The molecular weight excluding hydrogens is 507 g/mol. The molecule has 0 fully saturated rings. The van der Waals surface area contributed by atoms with Crippen molar-refractivity contribution in [2.75, 3.05) is 23.7 Å². The monoisotopic (exact) mass is 533 g/mol. The fourth-order valence-corrected chi connectivity index (χ4v) is 4.59. The SMILES string of the molecule is CCNC(=O)[C@@H](CC)N(Cc1ccccc1)C(=O)CN(c1cc(C(F)(F)F)ccc1Cl)S(C)(=O)=O. The molecule has 0 aromatic heterocycles. The molecule has 0 aliphatic heterocycles. The number of amides is 2. The van der Waals surface area contributed by atoms with Crippen LogP contribution in [0.1, 0.15) is 31.4 Å². The van der Waals surface area contributed by atoms with Gasteiger partial charge in [-0.1, -0.05) is 48.9 Å². The highest BCUT2D eigenvalue weighted by molar-refractivity contribution is 7.92. The Morgan fingerprint density at radius 1 is 1.09 bits per heavy atom. The zero-order chi connectivity index (χ0) is 26.4. The minimum Gasteiger partial charge on any atom is -0.355 e. The normalized spacial score (nSPS) is 12.7. The van der Waals surface area contributed by atoms with E-state index in [1.807, 2.05) is 0 Å². The fraction of sp³-hybridized carbons (Fsp3) is 0.391. The number of sulfonamides is 1. The van der Waals surface area contributed by atoms with E-state index < -0.39 is 51.9 Å². The number of hydrogen-bond acceptors (Lipinski definition) is 4. The Labute approximate surface area is 207 Å². The standard InChI is InChI=1S/C23H27ClF3N3O4S/c1-4-19(22(32)28-5-2)29(14-16-9-7-6-8-10-16)21(31)15-30(35(3,33)34)20-13-17(23(25,26)27)11-12-18(20)24/h6-13,19H,4-5,14-15H2,1-3H3,(H,28,32)/t19-/m1/s1. The lowest BCUT2D eigenvalue weighted by Crippen LogP contribution is -2.52. The molecule has 0 saturated heterocycles. The smallest absolute Gasteiger partial charge is 0.355 e. The second-order valence-corrected chi connectivity index (χ2v) is 10.1. The molecule has 12 heteroatoms. The Hall–Kier alpha value is -2.79. The van der Waals surface area contributed by atoms with Crippen molar-refractivity contribution in [1.29, 1.82) is 0 Å². The van der Waals surface area contributed by atoms with E-state index in [1.165, 1.54) is 4.90 Å². The molecule has 2 amide bonds. The summed E-state index contributed by atoms with van der Waals surface area (Å²) in [7, 11) is -4.23. The maximum Gasteiger partial charge on any atom is 0.416 e. The number of carbonyl (C=O) groups excluding carboxylic acids is 2. The molecule has 35 heavy (non-hydrogen) atoms. The number of nitrogens with one attached hydrogen (secondary N) is 1. The molecule has 0 unspecified atom stereocenters. The van der Waals surface area contributed by atoms with Crippen LogP contribution in [0, 0.1) is 0 Å². The summed E-state index contributed by atoms with van der Waals surface area (Å²) in [5.74, 6) is -1.20. The van der Waals surface area contributed by atoms with E-state index in [0.29, 0.717) is 22.5 Å².